The molecular weight excluding hydrogens is 511 g/mol. The summed E-state index contributed by atoms with van der Waals surface area (Å²) < 4.78 is 48.1. The number of halogens is 1. The van der Waals surface area contributed by atoms with Crippen LogP contribution in [0.3, 0.4) is 0 Å². The first kappa shape index (κ1) is 26.2. The normalized spacial score (nSPS) is 25.4. The van der Waals surface area contributed by atoms with Crippen LogP contribution in [-0.4, -0.2) is 20.1 Å². The van der Waals surface area contributed by atoms with Crippen LogP contribution in [0, 0.1) is 29.5 Å². The molecule has 2 aliphatic carbocycles. The van der Waals surface area contributed by atoms with Gasteiger partial charge in [0.05, 0.1) is 10.6 Å². The Kier molecular flexibility index (Phi) is 7.29. The molecule has 5 atom stereocenters. The van der Waals surface area contributed by atoms with Crippen LogP contribution < -0.4 is 4.72 Å². The molecule has 0 bridgehead atoms. The highest BCUT2D eigenvalue weighted by atomic mass is 32.2. The summed E-state index contributed by atoms with van der Waals surface area (Å²) in [6, 6.07) is 21.7. The molecule has 4 aromatic rings. The Morgan fingerprint density at radius 3 is 2.59 bits per heavy atom. The Morgan fingerprint density at radius 1 is 0.923 bits per heavy atom. The number of nitrogens with one attached hydrogen (secondary N) is 1. The van der Waals surface area contributed by atoms with Crippen LogP contribution in [-0.2, 0) is 10.0 Å². The lowest BCUT2D eigenvalue weighted by molar-refractivity contribution is 0.385. The number of benzene rings is 3. The number of nitrogens with zero attached hydrogens (tertiary/aromatic N) is 1. The molecule has 0 aliphatic heterocycles. The van der Waals surface area contributed by atoms with Crippen molar-refractivity contribution in [2.24, 2.45) is 23.7 Å². The second kappa shape index (κ2) is 10.9. The van der Waals surface area contributed by atoms with Crippen molar-refractivity contribution in [3.05, 3.63) is 84.3 Å². The van der Waals surface area contributed by atoms with Crippen LogP contribution in [0.2, 0.25) is 0 Å². The van der Waals surface area contributed by atoms with Crippen LogP contribution in [0.1, 0.15) is 57.1 Å². The Hall–Kier alpha value is -3.03. The van der Waals surface area contributed by atoms with E-state index >= 15 is 0 Å². The number of hydrogen-bond acceptors (Lipinski definition) is 4. The molecule has 6 rings (SSSR count). The van der Waals surface area contributed by atoms with Crippen molar-refractivity contribution in [2.45, 2.75) is 56.3 Å². The Labute approximate surface area is 229 Å². The predicted octanol–water partition coefficient (Wildman–Crippen LogP) is 7.55. The molecule has 39 heavy (non-hydrogen) atoms. The van der Waals surface area contributed by atoms with Gasteiger partial charge in [0.25, 0.3) is 0 Å². The van der Waals surface area contributed by atoms with Crippen LogP contribution >= 0.6 is 0 Å². The maximum atomic E-state index is 13.6. The third-order valence-corrected chi connectivity index (χ3v) is 10.5. The van der Waals surface area contributed by atoms with Gasteiger partial charge in [-0.25, -0.2) is 17.5 Å². The summed E-state index contributed by atoms with van der Waals surface area (Å²) in [5.74, 6) is 2.14. The van der Waals surface area contributed by atoms with Gasteiger partial charge in [0.15, 0.2) is 5.58 Å². The number of sulfonamides is 1. The highest BCUT2D eigenvalue weighted by Crippen LogP contribution is 2.51. The fourth-order valence-corrected chi connectivity index (χ4v) is 7.74. The molecule has 2 saturated carbocycles. The Balaban J connectivity index is 1.03. The molecule has 0 radical (unpaired) electrons. The zero-order valence-electron chi connectivity index (χ0n) is 22.2. The van der Waals surface area contributed by atoms with Crippen LogP contribution in [0.15, 0.2) is 82.2 Å². The minimum absolute atomic E-state index is 0.303. The number of fused-ring (bicyclic) bond motifs is 1. The van der Waals surface area contributed by atoms with E-state index in [1.54, 1.807) is 24.3 Å². The summed E-state index contributed by atoms with van der Waals surface area (Å²) in [4.78, 5) is 0.312. The SMILES string of the molecule is CC1C(CNS(=O)(=O)c2cccc(-c3ccccc3)c2)C1CC1CCCC(c2noc3cc(F)ccc23)CC1. The van der Waals surface area contributed by atoms with Gasteiger partial charge >= 0.3 is 0 Å². The Bertz CT molecular complexity index is 1550. The van der Waals surface area contributed by atoms with E-state index in [0.717, 1.165) is 54.3 Å². The molecule has 5 nitrogen and oxygen atoms in total. The first-order chi connectivity index (χ1) is 18.9. The molecule has 0 saturated heterocycles. The quantitative estimate of drug-likeness (QED) is 0.232. The molecule has 2 aliphatic rings. The number of aromatic nitrogens is 1. The number of hydrogen-bond donors (Lipinski definition) is 1. The van der Waals surface area contributed by atoms with Crippen molar-refractivity contribution in [3.8, 4) is 11.1 Å². The summed E-state index contributed by atoms with van der Waals surface area (Å²) in [5.41, 5.74) is 3.39. The van der Waals surface area contributed by atoms with E-state index in [4.69, 9.17) is 4.52 Å². The van der Waals surface area contributed by atoms with Crippen LogP contribution in [0.5, 0.6) is 0 Å². The van der Waals surface area contributed by atoms with Gasteiger partial charge in [-0.05, 0) is 84.7 Å². The van der Waals surface area contributed by atoms with Gasteiger partial charge in [-0.15, -0.1) is 0 Å². The molecule has 1 heterocycles. The zero-order valence-corrected chi connectivity index (χ0v) is 23.0. The molecule has 0 spiro atoms. The third-order valence-electron chi connectivity index (χ3n) is 9.06. The lowest BCUT2D eigenvalue weighted by Gasteiger charge is -2.15. The first-order valence-corrected chi connectivity index (χ1v) is 15.6. The fraction of sp³-hybridized carbons (Fsp3) is 0.406. The molecule has 204 valence electrons. The predicted molar refractivity (Wildman–Crippen MR) is 151 cm³/mol. The topological polar surface area (TPSA) is 72.2 Å². The second-order valence-corrected chi connectivity index (χ2v) is 13.2. The van der Waals surface area contributed by atoms with Crippen molar-refractivity contribution < 1.29 is 17.3 Å². The largest absolute Gasteiger partial charge is 0.356 e. The van der Waals surface area contributed by atoms with Gasteiger partial charge < -0.3 is 4.52 Å². The number of rotatable bonds is 8. The molecule has 3 aromatic carbocycles. The first-order valence-electron chi connectivity index (χ1n) is 14.1. The molecule has 1 N–H and O–H groups in total. The average Bonchev–Trinajstić information content (AvgIpc) is 3.47. The summed E-state index contributed by atoms with van der Waals surface area (Å²) in [6.07, 6.45) is 6.74. The summed E-state index contributed by atoms with van der Waals surface area (Å²) in [7, 11) is -3.57. The summed E-state index contributed by atoms with van der Waals surface area (Å²) in [5, 5.41) is 5.24. The van der Waals surface area contributed by atoms with Crippen molar-refractivity contribution in [3.63, 3.8) is 0 Å². The highest BCUT2D eigenvalue weighted by Gasteiger charge is 2.47. The van der Waals surface area contributed by atoms with E-state index in [-0.39, 0.29) is 5.82 Å². The van der Waals surface area contributed by atoms with E-state index in [9.17, 15) is 12.8 Å². The maximum Gasteiger partial charge on any atom is 0.240 e. The molecule has 2 fully saturated rings. The fourth-order valence-electron chi connectivity index (χ4n) is 6.62. The van der Waals surface area contributed by atoms with Gasteiger partial charge in [-0.2, -0.15) is 0 Å². The van der Waals surface area contributed by atoms with Gasteiger partial charge in [0.2, 0.25) is 10.0 Å². The monoisotopic (exact) mass is 546 g/mol. The Morgan fingerprint density at radius 2 is 1.74 bits per heavy atom. The van der Waals surface area contributed by atoms with E-state index < -0.39 is 10.0 Å². The van der Waals surface area contributed by atoms with E-state index in [0.29, 0.717) is 46.6 Å². The molecule has 1 aromatic heterocycles. The maximum absolute atomic E-state index is 13.6. The minimum atomic E-state index is -3.57. The van der Waals surface area contributed by atoms with Crippen LogP contribution in [0.4, 0.5) is 4.39 Å². The third kappa shape index (κ3) is 5.66. The van der Waals surface area contributed by atoms with Gasteiger partial charge in [0, 0.05) is 23.9 Å². The smallest absolute Gasteiger partial charge is 0.240 e. The zero-order chi connectivity index (χ0) is 27.0. The second-order valence-electron chi connectivity index (χ2n) is 11.4. The van der Waals surface area contributed by atoms with Crippen molar-refractivity contribution >= 4 is 21.0 Å². The van der Waals surface area contributed by atoms with Gasteiger partial charge in [-0.3, -0.25) is 0 Å². The summed E-state index contributed by atoms with van der Waals surface area (Å²) >= 11 is 0. The molecule has 5 unspecified atom stereocenters. The lowest BCUT2D eigenvalue weighted by atomic mass is 9.91. The standard InChI is InChI=1S/C32H35FN2O3S/c1-21-29(17-22-7-5-10-24(14-13-22)32-28-16-15-26(33)19-31(28)38-35-32)30(21)20-34-39(36,37)27-12-6-11-25(18-27)23-8-3-2-4-9-23/h2-4,6,8-9,11-12,15-16,18-19,21-22,24,29-30,34H,5,7,10,13-14,17,20H2,1H3. The van der Waals surface area contributed by atoms with E-state index in [1.165, 1.54) is 18.6 Å². The van der Waals surface area contributed by atoms with Crippen molar-refractivity contribution in [1.29, 1.82) is 0 Å². The van der Waals surface area contributed by atoms with Crippen molar-refractivity contribution in [2.75, 3.05) is 6.54 Å². The summed E-state index contributed by atoms with van der Waals surface area (Å²) in [6.45, 7) is 2.74. The van der Waals surface area contributed by atoms with Crippen molar-refractivity contribution in [1.82, 2.24) is 9.88 Å². The van der Waals surface area contributed by atoms with E-state index in [1.807, 2.05) is 36.4 Å². The van der Waals surface area contributed by atoms with Gasteiger partial charge in [-0.1, -0.05) is 67.4 Å². The van der Waals surface area contributed by atoms with Gasteiger partial charge in [0.1, 0.15) is 5.82 Å². The average molecular weight is 547 g/mol. The van der Waals surface area contributed by atoms with Crippen LogP contribution in [0.25, 0.3) is 22.1 Å². The molecule has 0 amide bonds. The highest BCUT2D eigenvalue weighted by molar-refractivity contribution is 7.89. The molecule has 7 heteroatoms. The molecular formula is C32H35FN2O3S. The van der Waals surface area contributed by atoms with E-state index in [2.05, 4.69) is 16.8 Å². The minimum Gasteiger partial charge on any atom is -0.356 e. The lowest BCUT2D eigenvalue weighted by Crippen LogP contribution is -2.26.